The van der Waals surface area contributed by atoms with Gasteiger partial charge in [-0.25, -0.2) is 0 Å². The van der Waals surface area contributed by atoms with E-state index >= 15 is 0 Å². The van der Waals surface area contributed by atoms with Crippen molar-refractivity contribution in [2.75, 3.05) is 0 Å². The predicted molar refractivity (Wildman–Crippen MR) is 78.1 cm³/mol. The molecule has 2 atom stereocenters. The van der Waals surface area contributed by atoms with E-state index in [4.69, 9.17) is 17.3 Å². The first-order chi connectivity index (χ1) is 9.49. The summed E-state index contributed by atoms with van der Waals surface area (Å²) in [6.45, 7) is 1.87. The van der Waals surface area contributed by atoms with Crippen LogP contribution in [0.3, 0.4) is 0 Å². The van der Waals surface area contributed by atoms with Gasteiger partial charge >= 0.3 is 0 Å². The highest BCUT2D eigenvalue weighted by molar-refractivity contribution is 6.31. The van der Waals surface area contributed by atoms with E-state index in [2.05, 4.69) is 10.4 Å². The van der Waals surface area contributed by atoms with Crippen LogP contribution in [0.25, 0.3) is 0 Å². The number of benzene rings is 1. The number of hydrogen-bond donors (Lipinski definition) is 2. The summed E-state index contributed by atoms with van der Waals surface area (Å²) < 4.78 is 1.61. The van der Waals surface area contributed by atoms with Crippen molar-refractivity contribution in [2.45, 2.75) is 19.0 Å². The molecule has 0 fully saturated rings. The molecule has 2 rings (SSSR count). The average molecular weight is 293 g/mol. The molecule has 20 heavy (non-hydrogen) atoms. The van der Waals surface area contributed by atoms with Crippen LogP contribution in [0.1, 0.15) is 30.1 Å². The number of aryl methyl sites for hydroxylation is 1. The Bertz CT molecular complexity index is 611. The third-order valence-electron chi connectivity index (χ3n) is 3.10. The molecule has 1 amide bonds. The quantitative estimate of drug-likeness (QED) is 0.904. The van der Waals surface area contributed by atoms with Crippen molar-refractivity contribution in [1.82, 2.24) is 15.1 Å². The van der Waals surface area contributed by atoms with E-state index in [1.54, 1.807) is 30.2 Å². The summed E-state index contributed by atoms with van der Waals surface area (Å²) in [5.41, 5.74) is 7.46. The number of carbonyl (C=O) groups excluding carboxylic acids is 1. The minimum atomic E-state index is -0.742. The lowest BCUT2D eigenvalue weighted by molar-refractivity contribution is -0.123. The zero-order valence-corrected chi connectivity index (χ0v) is 12.1. The van der Waals surface area contributed by atoms with E-state index < -0.39 is 6.04 Å². The number of halogens is 1. The van der Waals surface area contributed by atoms with Gasteiger partial charge in [-0.05, 0) is 18.6 Å². The molecule has 0 aliphatic carbocycles. The van der Waals surface area contributed by atoms with E-state index in [1.165, 1.54) is 0 Å². The summed E-state index contributed by atoms with van der Waals surface area (Å²) in [5.74, 6) is -0.259. The van der Waals surface area contributed by atoms with E-state index in [0.717, 1.165) is 5.56 Å². The van der Waals surface area contributed by atoms with E-state index in [1.807, 2.05) is 25.1 Å². The van der Waals surface area contributed by atoms with Crippen LogP contribution in [-0.2, 0) is 11.8 Å². The maximum Gasteiger partial charge on any atom is 0.242 e. The number of nitrogens with one attached hydrogen (secondary N) is 1. The zero-order chi connectivity index (χ0) is 14.7. The average Bonchev–Trinajstić information content (AvgIpc) is 2.84. The standard InChI is InChI=1S/C14H17ClN4O/c1-9(11-5-3-4-6-12(11)15)18-14(20)13(16)10-7-17-19(2)8-10/h3-9,13H,16H2,1-2H3,(H,18,20). The molecule has 0 aliphatic heterocycles. The highest BCUT2D eigenvalue weighted by Crippen LogP contribution is 2.22. The molecule has 106 valence electrons. The summed E-state index contributed by atoms with van der Waals surface area (Å²) in [5, 5.41) is 7.49. The number of nitrogens with zero attached hydrogens (tertiary/aromatic N) is 2. The van der Waals surface area contributed by atoms with Crippen LogP contribution in [0.15, 0.2) is 36.7 Å². The van der Waals surface area contributed by atoms with Crippen molar-refractivity contribution in [1.29, 1.82) is 0 Å². The van der Waals surface area contributed by atoms with Crippen molar-refractivity contribution >= 4 is 17.5 Å². The Labute approximate surface area is 122 Å². The fourth-order valence-corrected chi connectivity index (χ4v) is 2.26. The first-order valence-corrected chi connectivity index (χ1v) is 6.65. The highest BCUT2D eigenvalue weighted by atomic mass is 35.5. The molecular weight excluding hydrogens is 276 g/mol. The van der Waals surface area contributed by atoms with Gasteiger partial charge in [-0.2, -0.15) is 5.10 Å². The molecule has 2 aromatic rings. The summed E-state index contributed by atoms with van der Waals surface area (Å²) in [6, 6.07) is 6.45. The zero-order valence-electron chi connectivity index (χ0n) is 11.4. The molecule has 2 unspecified atom stereocenters. The molecule has 0 radical (unpaired) electrons. The molecule has 5 nitrogen and oxygen atoms in total. The lowest BCUT2D eigenvalue weighted by atomic mass is 10.1. The smallest absolute Gasteiger partial charge is 0.242 e. The second-order valence-corrected chi connectivity index (χ2v) is 5.08. The first kappa shape index (κ1) is 14.6. The minimum absolute atomic E-state index is 0.209. The van der Waals surface area contributed by atoms with Crippen molar-refractivity contribution < 1.29 is 4.79 Å². The Kier molecular flexibility index (Phi) is 4.42. The Hall–Kier alpha value is -1.85. The van der Waals surface area contributed by atoms with Crippen LogP contribution < -0.4 is 11.1 Å². The molecule has 1 heterocycles. The van der Waals surface area contributed by atoms with Gasteiger partial charge in [-0.15, -0.1) is 0 Å². The molecule has 0 saturated heterocycles. The number of amides is 1. The summed E-state index contributed by atoms with van der Waals surface area (Å²) in [4.78, 5) is 12.1. The third kappa shape index (κ3) is 3.18. The predicted octanol–water partition coefficient (Wildman–Crippen LogP) is 1.95. The maximum absolute atomic E-state index is 12.1. The minimum Gasteiger partial charge on any atom is -0.348 e. The van der Waals surface area contributed by atoms with Crippen molar-refractivity contribution in [3.8, 4) is 0 Å². The van der Waals surface area contributed by atoms with Gasteiger partial charge < -0.3 is 11.1 Å². The van der Waals surface area contributed by atoms with Crippen LogP contribution in [0.5, 0.6) is 0 Å². The normalized spacial score (nSPS) is 13.8. The molecule has 0 bridgehead atoms. The number of carbonyl (C=O) groups is 1. The van der Waals surface area contributed by atoms with Crippen LogP contribution in [0.4, 0.5) is 0 Å². The first-order valence-electron chi connectivity index (χ1n) is 6.28. The number of rotatable bonds is 4. The molecular formula is C14H17ClN4O. The van der Waals surface area contributed by atoms with Crippen LogP contribution in [0, 0.1) is 0 Å². The Morgan fingerprint density at radius 1 is 1.45 bits per heavy atom. The fraction of sp³-hybridized carbons (Fsp3) is 0.286. The molecule has 0 spiro atoms. The lowest BCUT2D eigenvalue weighted by Crippen LogP contribution is -2.35. The molecule has 0 aliphatic rings. The third-order valence-corrected chi connectivity index (χ3v) is 3.44. The van der Waals surface area contributed by atoms with Gasteiger partial charge in [-0.3, -0.25) is 9.48 Å². The largest absolute Gasteiger partial charge is 0.348 e. The Morgan fingerprint density at radius 2 is 2.15 bits per heavy atom. The van der Waals surface area contributed by atoms with Gasteiger partial charge in [0.25, 0.3) is 0 Å². The van der Waals surface area contributed by atoms with Gasteiger partial charge in [0.1, 0.15) is 6.04 Å². The molecule has 6 heteroatoms. The van der Waals surface area contributed by atoms with Gasteiger partial charge in [0, 0.05) is 23.8 Å². The maximum atomic E-state index is 12.1. The summed E-state index contributed by atoms with van der Waals surface area (Å²) in [7, 11) is 1.78. The summed E-state index contributed by atoms with van der Waals surface area (Å²) >= 11 is 6.11. The number of hydrogen-bond acceptors (Lipinski definition) is 3. The Balaban J connectivity index is 2.06. The molecule has 1 aromatic carbocycles. The molecule has 3 N–H and O–H groups in total. The number of aromatic nitrogens is 2. The number of nitrogens with two attached hydrogens (primary N) is 1. The summed E-state index contributed by atoms with van der Waals surface area (Å²) in [6.07, 6.45) is 3.31. The monoisotopic (exact) mass is 292 g/mol. The van der Waals surface area contributed by atoms with Gasteiger partial charge in [0.2, 0.25) is 5.91 Å². The van der Waals surface area contributed by atoms with Crippen LogP contribution in [-0.4, -0.2) is 15.7 Å². The van der Waals surface area contributed by atoms with Gasteiger partial charge in [0.05, 0.1) is 12.2 Å². The fourth-order valence-electron chi connectivity index (χ4n) is 1.96. The van der Waals surface area contributed by atoms with Crippen molar-refractivity contribution in [2.24, 2.45) is 12.8 Å². The van der Waals surface area contributed by atoms with Crippen molar-refractivity contribution in [3.63, 3.8) is 0 Å². The topological polar surface area (TPSA) is 72.9 Å². The molecule has 1 aromatic heterocycles. The van der Waals surface area contributed by atoms with E-state index in [0.29, 0.717) is 10.6 Å². The second-order valence-electron chi connectivity index (χ2n) is 4.68. The van der Waals surface area contributed by atoms with Gasteiger partial charge in [0.15, 0.2) is 0 Å². The van der Waals surface area contributed by atoms with Gasteiger partial charge in [-0.1, -0.05) is 29.8 Å². The highest BCUT2D eigenvalue weighted by Gasteiger charge is 2.20. The SMILES string of the molecule is CC(NC(=O)C(N)c1cnn(C)c1)c1ccccc1Cl. The van der Waals surface area contributed by atoms with E-state index in [9.17, 15) is 4.79 Å². The van der Waals surface area contributed by atoms with E-state index in [-0.39, 0.29) is 11.9 Å². The van der Waals surface area contributed by atoms with Crippen LogP contribution in [0.2, 0.25) is 5.02 Å². The lowest BCUT2D eigenvalue weighted by Gasteiger charge is -2.18. The second kappa shape index (κ2) is 6.07. The van der Waals surface area contributed by atoms with Crippen molar-refractivity contribution in [3.05, 3.63) is 52.8 Å². The van der Waals surface area contributed by atoms with Crippen LogP contribution >= 0.6 is 11.6 Å². The Morgan fingerprint density at radius 3 is 2.75 bits per heavy atom. The molecule has 0 saturated carbocycles.